The summed E-state index contributed by atoms with van der Waals surface area (Å²) in [5.41, 5.74) is 2.70. The smallest absolute Gasteiger partial charge is 0.115 e. The van der Waals surface area contributed by atoms with Crippen molar-refractivity contribution in [3.05, 3.63) is 59.7 Å². The Morgan fingerprint density at radius 1 is 0.818 bits per heavy atom. The standard InChI is InChI=1S/C20H24O2/c1-14-12-19(2,3)13-20(14,15-4-8-17(21)9-5-15)16-6-10-18(22)11-7-16/h4-11,14,21-22H,12-13H2,1-3H3/t14-/m0/s1. The molecule has 0 aliphatic heterocycles. The number of hydrogen-bond acceptors (Lipinski definition) is 2. The summed E-state index contributed by atoms with van der Waals surface area (Å²) in [4.78, 5) is 0. The number of aromatic hydroxyl groups is 2. The lowest BCUT2D eigenvalue weighted by molar-refractivity contribution is 0.356. The van der Waals surface area contributed by atoms with Gasteiger partial charge in [0.1, 0.15) is 11.5 Å². The van der Waals surface area contributed by atoms with Gasteiger partial charge in [-0.15, -0.1) is 0 Å². The van der Waals surface area contributed by atoms with Gasteiger partial charge in [0.05, 0.1) is 0 Å². The van der Waals surface area contributed by atoms with Crippen molar-refractivity contribution >= 4 is 0 Å². The van der Waals surface area contributed by atoms with Crippen LogP contribution in [0.25, 0.3) is 0 Å². The van der Waals surface area contributed by atoms with Crippen molar-refractivity contribution in [2.75, 3.05) is 0 Å². The monoisotopic (exact) mass is 296 g/mol. The number of phenolic OH excluding ortho intramolecular Hbond substituents is 2. The minimum atomic E-state index is -0.0646. The molecule has 0 aromatic heterocycles. The Bertz CT molecular complexity index is 608. The molecule has 2 aromatic rings. The average Bonchev–Trinajstić information content (AvgIpc) is 2.71. The summed E-state index contributed by atoms with van der Waals surface area (Å²) in [6, 6.07) is 15.3. The van der Waals surface area contributed by atoms with E-state index in [2.05, 4.69) is 20.8 Å². The van der Waals surface area contributed by atoms with Gasteiger partial charge in [0.2, 0.25) is 0 Å². The quantitative estimate of drug-likeness (QED) is 0.832. The Kier molecular flexibility index (Phi) is 3.43. The van der Waals surface area contributed by atoms with E-state index in [1.807, 2.05) is 24.3 Å². The molecule has 116 valence electrons. The first kappa shape index (κ1) is 15.0. The first-order valence-electron chi connectivity index (χ1n) is 7.92. The molecule has 2 heteroatoms. The number of phenols is 2. The van der Waals surface area contributed by atoms with E-state index in [1.165, 1.54) is 11.1 Å². The van der Waals surface area contributed by atoms with E-state index < -0.39 is 0 Å². The fourth-order valence-electron chi connectivity index (χ4n) is 4.46. The maximum absolute atomic E-state index is 9.63. The molecule has 0 radical (unpaired) electrons. The van der Waals surface area contributed by atoms with Gasteiger partial charge in [-0.2, -0.15) is 0 Å². The molecule has 1 aliphatic rings. The molecule has 22 heavy (non-hydrogen) atoms. The molecule has 0 unspecified atom stereocenters. The van der Waals surface area contributed by atoms with Crippen LogP contribution >= 0.6 is 0 Å². The summed E-state index contributed by atoms with van der Waals surface area (Å²) >= 11 is 0. The zero-order chi connectivity index (χ0) is 16.0. The zero-order valence-corrected chi connectivity index (χ0v) is 13.5. The minimum absolute atomic E-state index is 0.0646. The van der Waals surface area contributed by atoms with Crippen molar-refractivity contribution in [1.29, 1.82) is 0 Å². The van der Waals surface area contributed by atoms with Gasteiger partial charge in [-0.3, -0.25) is 0 Å². The van der Waals surface area contributed by atoms with Crippen LogP contribution in [0.5, 0.6) is 11.5 Å². The fourth-order valence-corrected chi connectivity index (χ4v) is 4.46. The highest BCUT2D eigenvalue weighted by molar-refractivity contribution is 5.45. The van der Waals surface area contributed by atoms with Crippen LogP contribution in [-0.2, 0) is 5.41 Å². The average molecular weight is 296 g/mol. The molecule has 1 atom stereocenters. The van der Waals surface area contributed by atoms with Crippen LogP contribution in [0.3, 0.4) is 0 Å². The zero-order valence-electron chi connectivity index (χ0n) is 13.5. The second kappa shape index (κ2) is 5.05. The number of benzene rings is 2. The van der Waals surface area contributed by atoms with Crippen LogP contribution in [0.15, 0.2) is 48.5 Å². The first-order valence-corrected chi connectivity index (χ1v) is 7.92. The van der Waals surface area contributed by atoms with Crippen LogP contribution in [-0.4, -0.2) is 10.2 Å². The van der Waals surface area contributed by atoms with Gasteiger partial charge in [0, 0.05) is 5.41 Å². The molecule has 0 bridgehead atoms. The summed E-state index contributed by atoms with van der Waals surface area (Å²) in [5, 5.41) is 19.3. The summed E-state index contributed by atoms with van der Waals surface area (Å²) in [6.45, 7) is 6.96. The van der Waals surface area contributed by atoms with Crippen LogP contribution in [0.4, 0.5) is 0 Å². The third-order valence-corrected chi connectivity index (χ3v) is 5.22. The Labute approximate surface area is 132 Å². The molecule has 1 aliphatic carbocycles. The Morgan fingerprint density at radius 2 is 1.23 bits per heavy atom. The lowest BCUT2D eigenvalue weighted by Crippen LogP contribution is -2.31. The summed E-state index contributed by atoms with van der Waals surface area (Å²) in [5.74, 6) is 1.10. The topological polar surface area (TPSA) is 40.5 Å². The molecule has 1 fully saturated rings. The summed E-state index contributed by atoms with van der Waals surface area (Å²) in [6.07, 6.45) is 2.23. The Hall–Kier alpha value is -1.96. The van der Waals surface area contributed by atoms with E-state index in [-0.39, 0.29) is 10.8 Å². The molecule has 2 N–H and O–H groups in total. The Morgan fingerprint density at radius 3 is 1.55 bits per heavy atom. The second-order valence-corrected chi connectivity index (χ2v) is 7.51. The van der Waals surface area contributed by atoms with Gasteiger partial charge < -0.3 is 10.2 Å². The van der Waals surface area contributed by atoms with Crippen molar-refractivity contribution < 1.29 is 10.2 Å². The third kappa shape index (κ3) is 2.37. The molecule has 0 spiro atoms. The fraction of sp³-hybridized carbons (Fsp3) is 0.400. The highest BCUT2D eigenvalue weighted by Gasteiger charge is 2.50. The maximum atomic E-state index is 9.63. The molecule has 2 aromatic carbocycles. The molecular formula is C20H24O2. The van der Waals surface area contributed by atoms with E-state index in [1.54, 1.807) is 24.3 Å². The lowest BCUT2D eigenvalue weighted by Gasteiger charge is -2.36. The molecular weight excluding hydrogens is 272 g/mol. The van der Waals surface area contributed by atoms with Crippen LogP contribution < -0.4 is 0 Å². The largest absolute Gasteiger partial charge is 0.508 e. The van der Waals surface area contributed by atoms with Gasteiger partial charge >= 0.3 is 0 Å². The number of rotatable bonds is 2. The van der Waals surface area contributed by atoms with Crippen molar-refractivity contribution in [3.63, 3.8) is 0 Å². The molecule has 0 heterocycles. The van der Waals surface area contributed by atoms with Gasteiger partial charge in [-0.25, -0.2) is 0 Å². The highest BCUT2D eigenvalue weighted by atomic mass is 16.3. The Balaban J connectivity index is 2.18. The number of hydrogen-bond donors (Lipinski definition) is 2. The summed E-state index contributed by atoms with van der Waals surface area (Å²) < 4.78 is 0. The molecule has 1 saturated carbocycles. The van der Waals surface area contributed by atoms with Crippen molar-refractivity contribution in [2.24, 2.45) is 11.3 Å². The molecule has 0 saturated heterocycles. The van der Waals surface area contributed by atoms with Gasteiger partial charge in [0.25, 0.3) is 0 Å². The van der Waals surface area contributed by atoms with E-state index in [0.29, 0.717) is 17.4 Å². The van der Waals surface area contributed by atoms with Gasteiger partial charge in [-0.1, -0.05) is 45.0 Å². The normalized spacial score (nSPS) is 22.6. The third-order valence-electron chi connectivity index (χ3n) is 5.22. The lowest BCUT2D eigenvalue weighted by atomic mass is 9.67. The van der Waals surface area contributed by atoms with Crippen LogP contribution in [0.2, 0.25) is 0 Å². The first-order chi connectivity index (χ1) is 10.3. The van der Waals surface area contributed by atoms with Gasteiger partial charge in [-0.05, 0) is 59.6 Å². The van der Waals surface area contributed by atoms with E-state index in [4.69, 9.17) is 0 Å². The SMILES string of the molecule is C[C@H]1CC(C)(C)CC1(c1ccc(O)cc1)c1ccc(O)cc1. The maximum Gasteiger partial charge on any atom is 0.115 e. The summed E-state index contributed by atoms with van der Waals surface area (Å²) in [7, 11) is 0. The van der Waals surface area contributed by atoms with Crippen LogP contribution in [0.1, 0.15) is 44.7 Å². The van der Waals surface area contributed by atoms with Crippen molar-refractivity contribution in [3.8, 4) is 11.5 Å². The highest BCUT2D eigenvalue weighted by Crippen LogP contribution is 2.57. The molecule has 0 amide bonds. The predicted molar refractivity (Wildman–Crippen MR) is 89.2 cm³/mol. The predicted octanol–water partition coefficient (Wildman–Crippen LogP) is 4.84. The van der Waals surface area contributed by atoms with Crippen LogP contribution in [0, 0.1) is 11.3 Å². The van der Waals surface area contributed by atoms with Gasteiger partial charge in [0.15, 0.2) is 0 Å². The molecule has 3 rings (SSSR count). The van der Waals surface area contributed by atoms with Crippen molar-refractivity contribution in [1.82, 2.24) is 0 Å². The second-order valence-electron chi connectivity index (χ2n) is 7.51. The van der Waals surface area contributed by atoms with Crippen molar-refractivity contribution in [2.45, 2.75) is 39.0 Å². The van der Waals surface area contributed by atoms with E-state index >= 15 is 0 Å². The molecule has 2 nitrogen and oxygen atoms in total. The van der Waals surface area contributed by atoms with E-state index in [9.17, 15) is 10.2 Å². The van der Waals surface area contributed by atoms with E-state index in [0.717, 1.165) is 12.8 Å². The minimum Gasteiger partial charge on any atom is -0.508 e.